The Balaban J connectivity index is 2.16. The number of carbonyl (C=O) groups is 2. The van der Waals surface area contributed by atoms with Crippen molar-refractivity contribution in [2.75, 3.05) is 0 Å². The Morgan fingerprint density at radius 3 is 2.40 bits per heavy atom. The van der Waals surface area contributed by atoms with Gasteiger partial charge < -0.3 is 15.2 Å². The summed E-state index contributed by atoms with van der Waals surface area (Å²) in [7, 11) is 0. The number of aliphatic carboxylic acids is 1. The summed E-state index contributed by atoms with van der Waals surface area (Å²) >= 11 is 0. The number of amides is 1. The summed E-state index contributed by atoms with van der Waals surface area (Å²) < 4.78 is 5.86. The molecule has 0 aliphatic carbocycles. The topological polar surface area (TPSA) is 88.5 Å². The first kappa shape index (κ1) is 18.4. The molecule has 1 heterocycles. The van der Waals surface area contributed by atoms with Crippen molar-refractivity contribution in [2.45, 2.75) is 39.8 Å². The van der Waals surface area contributed by atoms with E-state index in [1.165, 1.54) is 13.8 Å². The van der Waals surface area contributed by atoms with Gasteiger partial charge in [0.2, 0.25) is 0 Å². The Kier molecular flexibility index (Phi) is 5.41. The Labute approximate surface area is 146 Å². The van der Waals surface area contributed by atoms with Crippen LogP contribution in [0.4, 0.5) is 0 Å². The minimum absolute atomic E-state index is 0.382. The molecule has 0 aliphatic rings. The molecule has 0 spiro atoms. The van der Waals surface area contributed by atoms with Gasteiger partial charge in [0, 0.05) is 23.5 Å². The Morgan fingerprint density at radius 2 is 1.88 bits per heavy atom. The highest BCUT2D eigenvalue weighted by Gasteiger charge is 2.29. The lowest BCUT2D eigenvalue weighted by atomic mass is 10.0. The minimum Gasteiger partial charge on any atom is -0.488 e. The SMILES string of the molecule is Cc1cc(C(=O)NC(C)(C)C(=O)O)cc(C)c1OCc1cccnc1. The van der Waals surface area contributed by atoms with Gasteiger partial charge in [0.15, 0.2) is 0 Å². The van der Waals surface area contributed by atoms with E-state index in [-0.39, 0.29) is 0 Å². The molecular formula is C19H22N2O4. The number of carboxylic acid groups (broad SMARTS) is 1. The smallest absolute Gasteiger partial charge is 0.328 e. The van der Waals surface area contributed by atoms with Gasteiger partial charge in [0.25, 0.3) is 5.91 Å². The van der Waals surface area contributed by atoms with Crippen LogP contribution in [0.3, 0.4) is 0 Å². The highest BCUT2D eigenvalue weighted by atomic mass is 16.5. The molecule has 0 atom stereocenters. The third kappa shape index (κ3) is 4.56. The number of rotatable bonds is 6. The number of carbonyl (C=O) groups excluding carboxylic acids is 1. The molecule has 0 fully saturated rings. The number of aryl methyl sites for hydroxylation is 2. The molecule has 1 amide bonds. The Morgan fingerprint density at radius 1 is 1.24 bits per heavy atom. The van der Waals surface area contributed by atoms with E-state index in [1.807, 2.05) is 26.0 Å². The van der Waals surface area contributed by atoms with Gasteiger partial charge in [-0.25, -0.2) is 4.79 Å². The molecule has 0 bridgehead atoms. The molecule has 0 saturated heterocycles. The van der Waals surface area contributed by atoms with Crippen LogP contribution in [0.1, 0.15) is 40.9 Å². The van der Waals surface area contributed by atoms with Crippen molar-refractivity contribution in [3.05, 3.63) is 58.9 Å². The molecule has 25 heavy (non-hydrogen) atoms. The molecule has 6 heteroatoms. The zero-order valence-electron chi connectivity index (χ0n) is 14.8. The molecule has 2 aromatic rings. The fourth-order valence-electron chi connectivity index (χ4n) is 2.36. The van der Waals surface area contributed by atoms with Gasteiger partial charge in [0.05, 0.1) is 0 Å². The molecule has 132 valence electrons. The predicted molar refractivity (Wildman–Crippen MR) is 93.7 cm³/mol. The van der Waals surface area contributed by atoms with E-state index in [0.717, 1.165) is 16.7 Å². The fraction of sp³-hybridized carbons (Fsp3) is 0.316. The molecule has 0 radical (unpaired) electrons. The number of ether oxygens (including phenoxy) is 1. The van der Waals surface area contributed by atoms with Gasteiger partial charge in [-0.2, -0.15) is 0 Å². The van der Waals surface area contributed by atoms with Crippen molar-refractivity contribution < 1.29 is 19.4 Å². The van der Waals surface area contributed by atoms with Crippen LogP contribution in [-0.2, 0) is 11.4 Å². The van der Waals surface area contributed by atoms with Crippen LogP contribution in [0.25, 0.3) is 0 Å². The van der Waals surface area contributed by atoms with E-state index in [4.69, 9.17) is 9.84 Å². The number of carboxylic acids is 1. The van der Waals surface area contributed by atoms with Crippen LogP contribution in [0, 0.1) is 13.8 Å². The second-order valence-corrected chi connectivity index (χ2v) is 6.47. The van der Waals surface area contributed by atoms with Crippen LogP contribution in [-0.4, -0.2) is 27.5 Å². The number of hydrogen-bond acceptors (Lipinski definition) is 4. The number of pyridine rings is 1. The van der Waals surface area contributed by atoms with E-state index < -0.39 is 17.4 Å². The van der Waals surface area contributed by atoms with Crippen LogP contribution >= 0.6 is 0 Å². The molecule has 0 aliphatic heterocycles. The lowest BCUT2D eigenvalue weighted by Gasteiger charge is -2.21. The number of benzene rings is 1. The van der Waals surface area contributed by atoms with Gasteiger partial charge in [0.1, 0.15) is 17.9 Å². The lowest BCUT2D eigenvalue weighted by molar-refractivity contribution is -0.143. The highest BCUT2D eigenvalue weighted by molar-refractivity contribution is 5.98. The highest BCUT2D eigenvalue weighted by Crippen LogP contribution is 2.26. The number of nitrogens with zero attached hydrogens (tertiary/aromatic N) is 1. The molecule has 0 saturated carbocycles. The number of aromatic nitrogens is 1. The van der Waals surface area contributed by atoms with E-state index >= 15 is 0 Å². The van der Waals surface area contributed by atoms with E-state index in [2.05, 4.69) is 10.3 Å². The van der Waals surface area contributed by atoms with Crippen LogP contribution in [0.5, 0.6) is 5.75 Å². The first-order valence-corrected chi connectivity index (χ1v) is 7.89. The molecule has 6 nitrogen and oxygen atoms in total. The quantitative estimate of drug-likeness (QED) is 0.843. The lowest BCUT2D eigenvalue weighted by Crippen LogP contribution is -2.49. The second-order valence-electron chi connectivity index (χ2n) is 6.47. The average Bonchev–Trinajstić information content (AvgIpc) is 2.54. The normalized spacial score (nSPS) is 11.0. The van der Waals surface area contributed by atoms with Gasteiger partial charge in [-0.05, 0) is 57.0 Å². The molecule has 2 N–H and O–H groups in total. The summed E-state index contributed by atoms with van der Waals surface area (Å²) in [6, 6.07) is 7.15. The standard InChI is InChI=1S/C19H22N2O4/c1-12-8-15(17(22)21-19(3,4)18(23)24)9-13(2)16(12)25-11-14-6-5-7-20-10-14/h5-10H,11H2,1-4H3,(H,21,22)(H,23,24). The van der Waals surface area contributed by atoms with Crippen molar-refractivity contribution in [1.82, 2.24) is 10.3 Å². The third-order valence-electron chi connectivity index (χ3n) is 3.79. The van der Waals surface area contributed by atoms with E-state index in [0.29, 0.717) is 17.9 Å². The zero-order valence-corrected chi connectivity index (χ0v) is 14.8. The van der Waals surface area contributed by atoms with Crippen LogP contribution < -0.4 is 10.1 Å². The van der Waals surface area contributed by atoms with Gasteiger partial charge in [-0.1, -0.05) is 6.07 Å². The summed E-state index contributed by atoms with van der Waals surface area (Å²) in [4.78, 5) is 27.5. The molecular weight excluding hydrogens is 320 g/mol. The molecule has 0 unspecified atom stereocenters. The van der Waals surface area contributed by atoms with E-state index in [1.54, 1.807) is 24.5 Å². The minimum atomic E-state index is -1.34. The summed E-state index contributed by atoms with van der Waals surface area (Å²) in [6.45, 7) is 6.97. The van der Waals surface area contributed by atoms with Gasteiger partial charge in [-0.15, -0.1) is 0 Å². The van der Waals surface area contributed by atoms with Gasteiger partial charge >= 0.3 is 5.97 Å². The third-order valence-corrected chi connectivity index (χ3v) is 3.79. The van der Waals surface area contributed by atoms with Crippen molar-refractivity contribution in [3.63, 3.8) is 0 Å². The summed E-state index contributed by atoms with van der Waals surface area (Å²) in [5.74, 6) is -0.818. The fourth-order valence-corrected chi connectivity index (χ4v) is 2.36. The van der Waals surface area contributed by atoms with Crippen molar-refractivity contribution >= 4 is 11.9 Å². The monoisotopic (exact) mass is 342 g/mol. The maximum Gasteiger partial charge on any atom is 0.328 e. The summed E-state index contributed by atoms with van der Waals surface area (Å²) in [5, 5.41) is 11.6. The van der Waals surface area contributed by atoms with Crippen LogP contribution in [0.2, 0.25) is 0 Å². The van der Waals surface area contributed by atoms with Crippen molar-refractivity contribution in [3.8, 4) is 5.75 Å². The Bertz CT molecular complexity index is 762. The summed E-state index contributed by atoms with van der Waals surface area (Å²) in [6.07, 6.45) is 3.44. The number of hydrogen-bond donors (Lipinski definition) is 2. The molecule has 1 aromatic carbocycles. The second kappa shape index (κ2) is 7.34. The summed E-state index contributed by atoms with van der Waals surface area (Å²) in [5.41, 5.74) is 1.63. The van der Waals surface area contributed by atoms with Crippen molar-refractivity contribution in [1.29, 1.82) is 0 Å². The first-order valence-electron chi connectivity index (χ1n) is 7.89. The van der Waals surface area contributed by atoms with Crippen molar-refractivity contribution in [2.24, 2.45) is 0 Å². The largest absolute Gasteiger partial charge is 0.488 e. The zero-order chi connectivity index (χ0) is 18.6. The maximum absolute atomic E-state index is 12.3. The average molecular weight is 342 g/mol. The van der Waals surface area contributed by atoms with Crippen LogP contribution in [0.15, 0.2) is 36.7 Å². The van der Waals surface area contributed by atoms with Gasteiger partial charge in [-0.3, -0.25) is 9.78 Å². The first-order chi connectivity index (χ1) is 11.7. The molecule has 1 aromatic heterocycles. The predicted octanol–water partition coefficient (Wildman–Crippen LogP) is 2.87. The maximum atomic E-state index is 12.3. The number of nitrogens with one attached hydrogen (secondary N) is 1. The van der Waals surface area contributed by atoms with E-state index in [9.17, 15) is 9.59 Å². The molecule has 2 rings (SSSR count). The Hall–Kier alpha value is -2.89.